The molecule has 0 aromatic heterocycles. The summed E-state index contributed by atoms with van der Waals surface area (Å²) >= 11 is 2.10. The second-order valence-electron chi connectivity index (χ2n) is 6.02. The molecule has 2 nitrogen and oxygen atoms in total. The van der Waals surface area contributed by atoms with E-state index in [9.17, 15) is 0 Å². The number of hydrogen-bond donors (Lipinski definition) is 1. The van der Waals surface area contributed by atoms with Gasteiger partial charge in [-0.05, 0) is 68.5 Å². The zero-order chi connectivity index (χ0) is 12.8. The smallest absolute Gasteiger partial charge is 0.0701 e. The highest BCUT2D eigenvalue weighted by Gasteiger charge is 2.39. The number of nitrogens with one attached hydrogen (secondary N) is 1. The van der Waals surface area contributed by atoms with Crippen LogP contribution in [0.5, 0.6) is 0 Å². The van der Waals surface area contributed by atoms with Gasteiger partial charge < -0.3 is 10.1 Å². The lowest BCUT2D eigenvalue weighted by molar-refractivity contribution is -0.110. The fourth-order valence-electron chi connectivity index (χ4n) is 3.39. The lowest BCUT2D eigenvalue weighted by Gasteiger charge is -2.45. The molecule has 2 aliphatic heterocycles. The average Bonchev–Trinajstić information content (AvgIpc) is 2.40. The number of rotatable bonds is 5. The first-order valence-electron chi connectivity index (χ1n) is 7.68. The van der Waals surface area contributed by atoms with Gasteiger partial charge in [-0.1, -0.05) is 13.8 Å². The molecule has 0 saturated carbocycles. The molecule has 0 aromatic rings. The Kier molecular flexibility index (Phi) is 5.84. The summed E-state index contributed by atoms with van der Waals surface area (Å²) in [6.07, 6.45) is 6.49. The van der Waals surface area contributed by atoms with E-state index in [2.05, 4.69) is 30.9 Å². The molecule has 2 saturated heterocycles. The zero-order valence-corrected chi connectivity index (χ0v) is 12.9. The molecule has 0 aromatic carbocycles. The first-order valence-corrected chi connectivity index (χ1v) is 8.84. The Hall–Kier alpha value is 0.270. The van der Waals surface area contributed by atoms with Crippen LogP contribution in [-0.2, 0) is 4.74 Å². The van der Waals surface area contributed by atoms with Gasteiger partial charge in [0.05, 0.1) is 5.60 Å². The summed E-state index contributed by atoms with van der Waals surface area (Å²) in [7, 11) is 0. The van der Waals surface area contributed by atoms with Crippen molar-refractivity contribution in [2.45, 2.75) is 51.6 Å². The molecule has 2 rings (SSSR count). The molecule has 0 bridgehead atoms. The van der Waals surface area contributed by atoms with Crippen LogP contribution in [-0.4, -0.2) is 36.8 Å². The Morgan fingerprint density at radius 2 is 2.17 bits per heavy atom. The van der Waals surface area contributed by atoms with E-state index in [0.29, 0.717) is 0 Å². The van der Waals surface area contributed by atoms with Gasteiger partial charge in [0.2, 0.25) is 0 Å². The molecule has 1 N–H and O–H groups in total. The van der Waals surface area contributed by atoms with Crippen molar-refractivity contribution in [3.63, 3.8) is 0 Å². The van der Waals surface area contributed by atoms with Crippen LogP contribution in [0.1, 0.15) is 46.0 Å². The van der Waals surface area contributed by atoms with Gasteiger partial charge in [-0.25, -0.2) is 0 Å². The van der Waals surface area contributed by atoms with Gasteiger partial charge >= 0.3 is 0 Å². The van der Waals surface area contributed by atoms with E-state index in [0.717, 1.165) is 25.0 Å². The largest absolute Gasteiger partial charge is 0.375 e. The lowest BCUT2D eigenvalue weighted by atomic mass is 9.75. The normalized spacial score (nSPS) is 29.3. The molecule has 106 valence electrons. The standard InChI is InChI=1S/C15H29NOS/c1-3-16-8-4-13(2)14-5-9-17-15(12-14)6-10-18-11-7-15/h13-14,16H,3-12H2,1-2H3. The van der Waals surface area contributed by atoms with Crippen molar-refractivity contribution in [3.8, 4) is 0 Å². The molecule has 2 aliphatic rings. The Morgan fingerprint density at radius 3 is 2.89 bits per heavy atom. The van der Waals surface area contributed by atoms with Gasteiger partial charge in [0.25, 0.3) is 0 Å². The molecular weight excluding hydrogens is 242 g/mol. The Bertz CT molecular complexity index is 235. The summed E-state index contributed by atoms with van der Waals surface area (Å²) < 4.78 is 6.18. The number of hydrogen-bond acceptors (Lipinski definition) is 3. The van der Waals surface area contributed by atoms with E-state index in [1.54, 1.807) is 0 Å². The SMILES string of the molecule is CCNCCC(C)C1CCOC2(CCSCC2)C1. The quantitative estimate of drug-likeness (QED) is 0.775. The van der Waals surface area contributed by atoms with E-state index in [4.69, 9.17) is 4.74 Å². The van der Waals surface area contributed by atoms with Crippen molar-refractivity contribution in [3.05, 3.63) is 0 Å². The van der Waals surface area contributed by atoms with Crippen LogP contribution in [0.3, 0.4) is 0 Å². The molecule has 0 amide bonds. The van der Waals surface area contributed by atoms with Crippen molar-refractivity contribution in [2.24, 2.45) is 11.8 Å². The van der Waals surface area contributed by atoms with Gasteiger partial charge in [-0.2, -0.15) is 11.8 Å². The van der Waals surface area contributed by atoms with Crippen molar-refractivity contribution in [2.75, 3.05) is 31.2 Å². The average molecular weight is 271 g/mol. The minimum atomic E-state index is 0.264. The molecule has 3 heteroatoms. The summed E-state index contributed by atoms with van der Waals surface area (Å²) in [5.41, 5.74) is 0.264. The van der Waals surface area contributed by atoms with Crippen molar-refractivity contribution < 1.29 is 4.74 Å². The van der Waals surface area contributed by atoms with E-state index < -0.39 is 0 Å². The van der Waals surface area contributed by atoms with Crippen LogP contribution in [0, 0.1) is 11.8 Å². The molecule has 0 aliphatic carbocycles. The maximum absolute atomic E-state index is 6.18. The maximum atomic E-state index is 6.18. The summed E-state index contributed by atoms with van der Waals surface area (Å²) in [5, 5.41) is 3.45. The second kappa shape index (κ2) is 7.16. The third-order valence-electron chi connectivity index (χ3n) is 4.77. The molecule has 18 heavy (non-hydrogen) atoms. The summed E-state index contributed by atoms with van der Waals surface area (Å²) in [6, 6.07) is 0. The predicted octanol–water partition coefficient (Wildman–Crippen LogP) is 3.31. The van der Waals surface area contributed by atoms with Gasteiger partial charge in [0, 0.05) is 6.61 Å². The highest BCUT2D eigenvalue weighted by Crippen LogP contribution is 2.42. The van der Waals surface area contributed by atoms with Crippen molar-refractivity contribution in [1.29, 1.82) is 0 Å². The van der Waals surface area contributed by atoms with Crippen LogP contribution in [0.25, 0.3) is 0 Å². The van der Waals surface area contributed by atoms with Crippen molar-refractivity contribution >= 4 is 11.8 Å². The van der Waals surface area contributed by atoms with Gasteiger partial charge in [-0.15, -0.1) is 0 Å². The molecule has 2 unspecified atom stereocenters. The summed E-state index contributed by atoms with van der Waals surface area (Å²) in [5.74, 6) is 4.34. The predicted molar refractivity (Wildman–Crippen MR) is 80.3 cm³/mol. The topological polar surface area (TPSA) is 21.3 Å². The van der Waals surface area contributed by atoms with Crippen LogP contribution in [0.2, 0.25) is 0 Å². The molecule has 2 atom stereocenters. The Morgan fingerprint density at radius 1 is 1.39 bits per heavy atom. The van der Waals surface area contributed by atoms with Crippen LogP contribution >= 0.6 is 11.8 Å². The van der Waals surface area contributed by atoms with E-state index in [1.165, 1.54) is 50.2 Å². The fourth-order valence-corrected chi connectivity index (χ4v) is 4.62. The van der Waals surface area contributed by atoms with Crippen molar-refractivity contribution in [1.82, 2.24) is 5.32 Å². The van der Waals surface area contributed by atoms with E-state index >= 15 is 0 Å². The zero-order valence-electron chi connectivity index (χ0n) is 12.0. The maximum Gasteiger partial charge on any atom is 0.0701 e. The van der Waals surface area contributed by atoms with Gasteiger partial charge in [0.15, 0.2) is 0 Å². The first kappa shape index (κ1) is 14.7. The fraction of sp³-hybridized carbons (Fsp3) is 1.00. The third-order valence-corrected chi connectivity index (χ3v) is 5.75. The minimum Gasteiger partial charge on any atom is -0.375 e. The molecule has 2 fully saturated rings. The van der Waals surface area contributed by atoms with Crippen LogP contribution in [0.4, 0.5) is 0 Å². The van der Waals surface area contributed by atoms with Crippen LogP contribution < -0.4 is 5.32 Å². The van der Waals surface area contributed by atoms with E-state index in [-0.39, 0.29) is 5.60 Å². The molecule has 0 radical (unpaired) electrons. The highest BCUT2D eigenvalue weighted by molar-refractivity contribution is 7.99. The minimum absolute atomic E-state index is 0.264. The van der Waals surface area contributed by atoms with Crippen LogP contribution in [0.15, 0.2) is 0 Å². The Balaban J connectivity index is 1.81. The third kappa shape index (κ3) is 3.88. The monoisotopic (exact) mass is 271 g/mol. The molecule has 1 spiro atoms. The molecule has 2 heterocycles. The summed E-state index contributed by atoms with van der Waals surface area (Å²) in [4.78, 5) is 0. The number of thioether (sulfide) groups is 1. The first-order chi connectivity index (χ1) is 8.76. The number of ether oxygens (including phenoxy) is 1. The summed E-state index contributed by atoms with van der Waals surface area (Å²) in [6.45, 7) is 7.91. The molecular formula is C15H29NOS. The van der Waals surface area contributed by atoms with E-state index in [1.807, 2.05) is 0 Å². The highest BCUT2D eigenvalue weighted by atomic mass is 32.2. The van der Waals surface area contributed by atoms with Gasteiger partial charge in [0.1, 0.15) is 0 Å². The Labute approximate surface area is 117 Å². The second-order valence-corrected chi connectivity index (χ2v) is 7.24. The van der Waals surface area contributed by atoms with Gasteiger partial charge in [-0.3, -0.25) is 0 Å². The lowest BCUT2D eigenvalue weighted by Crippen LogP contribution is -2.44.